The molecule has 1 heterocycles. The Bertz CT molecular complexity index is 378. The molecule has 1 aromatic rings. The molecule has 14 heavy (non-hydrogen) atoms. The number of carboxylic acids is 1. The van der Waals surface area contributed by atoms with E-state index in [1.165, 1.54) is 12.8 Å². The quantitative estimate of drug-likeness (QED) is 0.792. The number of carbonyl (C=O) groups is 1. The smallest absolute Gasteiger partial charge is 0.307 e. The zero-order chi connectivity index (χ0) is 10.3. The lowest BCUT2D eigenvalue weighted by Crippen LogP contribution is -2.03. The predicted molar refractivity (Wildman–Crippen MR) is 51.3 cm³/mol. The molecule has 76 valence electrons. The molecule has 1 N–H and O–H groups in total. The minimum absolute atomic E-state index is 0.0877. The zero-order valence-electron chi connectivity index (χ0n) is 8.45. The van der Waals surface area contributed by atoms with Crippen molar-refractivity contribution >= 4 is 5.97 Å². The summed E-state index contributed by atoms with van der Waals surface area (Å²) in [7, 11) is 0. The fraction of sp³-hybridized carbons (Fsp3) is 0.600. The summed E-state index contributed by atoms with van der Waals surface area (Å²) in [6, 6.07) is 0.524. The zero-order valence-corrected chi connectivity index (χ0v) is 8.45. The summed E-state index contributed by atoms with van der Waals surface area (Å²) in [5.41, 5.74) is 2.76. The number of hydrogen-bond acceptors (Lipinski definition) is 2. The molecule has 0 amide bonds. The van der Waals surface area contributed by atoms with E-state index in [4.69, 9.17) is 5.11 Å². The lowest BCUT2D eigenvalue weighted by molar-refractivity contribution is -0.136. The fourth-order valence-electron chi connectivity index (χ4n) is 1.78. The molecule has 4 heteroatoms. The summed E-state index contributed by atoms with van der Waals surface area (Å²) in [5.74, 6) is -0.786. The van der Waals surface area contributed by atoms with E-state index in [1.54, 1.807) is 0 Å². The Labute approximate surface area is 82.5 Å². The molecule has 0 aliphatic heterocycles. The Kier molecular flexibility index (Phi) is 2.06. The van der Waals surface area contributed by atoms with Gasteiger partial charge in [0, 0.05) is 11.3 Å². The van der Waals surface area contributed by atoms with Crippen molar-refractivity contribution in [3.8, 4) is 0 Å². The van der Waals surface area contributed by atoms with Crippen LogP contribution in [0.4, 0.5) is 0 Å². The Balaban J connectivity index is 2.33. The summed E-state index contributed by atoms with van der Waals surface area (Å²) in [6.07, 6.45) is 2.44. The number of nitrogens with zero attached hydrogens (tertiary/aromatic N) is 2. The van der Waals surface area contributed by atoms with Crippen LogP contribution in [0.25, 0.3) is 0 Å². The third kappa shape index (κ3) is 1.52. The van der Waals surface area contributed by atoms with Gasteiger partial charge in [0.05, 0.1) is 18.2 Å². The maximum Gasteiger partial charge on any atom is 0.307 e. The summed E-state index contributed by atoms with van der Waals surface area (Å²) in [4.78, 5) is 10.6. The summed E-state index contributed by atoms with van der Waals surface area (Å²) < 4.78 is 1.98. The molecule has 0 aromatic carbocycles. The van der Waals surface area contributed by atoms with Gasteiger partial charge in [-0.1, -0.05) is 0 Å². The monoisotopic (exact) mass is 194 g/mol. The fourth-order valence-corrected chi connectivity index (χ4v) is 1.78. The molecule has 1 fully saturated rings. The Hall–Kier alpha value is -1.32. The first-order chi connectivity index (χ1) is 6.59. The van der Waals surface area contributed by atoms with Crippen LogP contribution in [-0.2, 0) is 11.2 Å². The highest BCUT2D eigenvalue weighted by Gasteiger charge is 2.27. The van der Waals surface area contributed by atoms with E-state index in [0.717, 1.165) is 17.0 Å². The second-order valence-corrected chi connectivity index (χ2v) is 3.90. The molecule has 4 nitrogen and oxygen atoms in total. The van der Waals surface area contributed by atoms with Crippen LogP contribution in [0, 0.1) is 13.8 Å². The highest BCUT2D eigenvalue weighted by molar-refractivity contribution is 5.70. The number of aryl methyl sites for hydroxylation is 1. The standard InChI is InChI=1S/C10H14N2O2/c1-6-9(5-10(13)14)7(2)12(11-6)8-3-4-8/h8H,3-5H2,1-2H3,(H,13,14). The van der Waals surface area contributed by atoms with Crippen LogP contribution in [-0.4, -0.2) is 20.9 Å². The number of aromatic nitrogens is 2. The SMILES string of the molecule is Cc1nn(C2CC2)c(C)c1CC(=O)O. The van der Waals surface area contributed by atoms with Crippen LogP contribution in [0.2, 0.25) is 0 Å². The van der Waals surface area contributed by atoms with E-state index in [9.17, 15) is 4.79 Å². The van der Waals surface area contributed by atoms with E-state index < -0.39 is 5.97 Å². The van der Waals surface area contributed by atoms with Gasteiger partial charge in [0.25, 0.3) is 0 Å². The van der Waals surface area contributed by atoms with Gasteiger partial charge >= 0.3 is 5.97 Å². The molecule has 1 aliphatic carbocycles. The Morgan fingerprint density at radius 1 is 1.57 bits per heavy atom. The average Bonchev–Trinajstić information content (AvgIpc) is 2.88. The molecule has 1 aromatic heterocycles. The first-order valence-electron chi connectivity index (χ1n) is 4.86. The normalized spacial score (nSPS) is 15.9. The van der Waals surface area contributed by atoms with Gasteiger partial charge in [-0.2, -0.15) is 5.10 Å². The number of hydrogen-bond donors (Lipinski definition) is 1. The van der Waals surface area contributed by atoms with Crippen molar-refractivity contribution in [3.63, 3.8) is 0 Å². The van der Waals surface area contributed by atoms with Crippen molar-refractivity contribution in [2.75, 3.05) is 0 Å². The molecule has 0 atom stereocenters. The van der Waals surface area contributed by atoms with Crippen molar-refractivity contribution in [3.05, 3.63) is 17.0 Å². The minimum atomic E-state index is -0.786. The number of rotatable bonds is 3. The molecule has 1 saturated carbocycles. The molecule has 0 unspecified atom stereocenters. The van der Waals surface area contributed by atoms with E-state index in [-0.39, 0.29) is 6.42 Å². The number of aliphatic carboxylic acids is 1. The van der Waals surface area contributed by atoms with Crippen LogP contribution in [0.5, 0.6) is 0 Å². The van der Waals surface area contributed by atoms with E-state index in [1.807, 2.05) is 18.5 Å². The van der Waals surface area contributed by atoms with Crippen LogP contribution in [0.1, 0.15) is 35.8 Å². The van der Waals surface area contributed by atoms with Gasteiger partial charge in [-0.15, -0.1) is 0 Å². The van der Waals surface area contributed by atoms with E-state index in [0.29, 0.717) is 6.04 Å². The third-order valence-electron chi connectivity index (χ3n) is 2.70. The first kappa shape index (κ1) is 9.24. The Morgan fingerprint density at radius 2 is 2.21 bits per heavy atom. The lowest BCUT2D eigenvalue weighted by atomic mass is 10.1. The minimum Gasteiger partial charge on any atom is -0.481 e. The molecule has 1 aliphatic rings. The average molecular weight is 194 g/mol. The van der Waals surface area contributed by atoms with Crippen molar-refractivity contribution in [2.45, 2.75) is 39.2 Å². The van der Waals surface area contributed by atoms with Crippen molar-refractivity contribution in [2.24, 2.45) is 0 Å². The van der Waals surface area contributed by atoms with Gasteiger partial charge in [-0.25, -0.2) is 0 Å². The number of carboxylic acid groups (broad SMARTS) is 1. The lowest BCUT2D eigenvalue weighted by Gasteiger charge is -2.01. The van der Waals surface area contributed by atoms with E-state index >= 15 is 0 Å². The second-order valence-electron chi connectivity index (χ2n) is 3.90. The van der Waals surface area contributed by atoms with Crippen LogP contribution >= 0.6 is 0 Å². The molecule has 0 spiro atoms. The predicted octanol–water partition coefficient (Wildman–Crippen LogP) is 1.46. The van der Waals surface area contributed by atoms with Crippen LogP contribution in [0.15, 0.2) is 0 Å². The maximum absolute atomic E-state index is 10.6. The van der Waals surface area contributed by atoms with E-state index in [2.05, 4.69) is 5.10 Å². The topological polar surface area (TPSA) is 55.1 Å². The van der Waals surface area contributed by atoms with Crippen LogP contribution < -0.4 is 0 Å². The van der Waals surface area contributed by atoms with Crippen LogP contribution in [0.3, 0.4) is 0 Å². The van der Waals surface area contributed by atoms with Gasteiger partial charge in [-0.05, 0) is 26.7 Å². The molecule has 2 rings (SSSR count). The summed E-state index contributed by atoms with van der Waals surface area (Å²) in [6.45, 7) is 3.83. The molecule has 0 radical (unpaired) electrons. The van der Waals surface area contributed by atoms with Crippen molar-refractivity contribution < 1.29 is 9.90 Å². The third-order valence-corrected chi connectivity index (χ3v) is 2.70. The second kappa shape index (κ2) is 3.12. The van der Waals surface area contributed by atoms with Gasteiger partial charge in [0.15, 0.2) is 0 Å². The molecule has 0 bridgehead atoms. The first-order valence-corrected chi connectivity index (χ1v) is 4.86. The van der Waals surface area contributed by atoms with Gasteiger partial charge in [0.1, 0.15) is 0 Å². The van der Waals surface area contributed by atoms with Gasteiger partial charge < -0.3 is 5.11 Å². The summed E-state index contributed by atoms with van der Waals surface area (Å²) >= 11 is 0. The van der Waals surface area contributed by atoms with Gasteiger partial charge in [0.2, 0.25) is 0 Å². The Morgan fingerprint density at radius 3 is 2.71 bits per heavy atom. The largest absolute Gasteiger partial charge is 0.481 e. The highest BCUT2D eigenvalue weighted by atomic mass is 16.4. The van der Waals surface area contributed by atoms with Crippen molar-refractivity contribution in [1.29, 1.82) is 0 Å². The van der Waals surface area contributed by atoms with Gasteiger partial charge in [-0.3, -0.25) is 9.48 Å². The summed E-state index contributed by atoms with van der Waals surface area (Å²) in [5, 5.41) is 13.1. The van der Waals surface area contributed by atoms with Crippen molar-refractivity contribution in [1.82, 2.24) is 9.78 Å². The maximum atomic E-state index is 10.6. The molecular formula is C10H14N2O2. The molecule has 0 saturated heterocycles. The molecular weight excluding hydrogens is 180 g/mol. The highest BCUT2D eigenvalue weighted by Crippen LogP contribution is 2.36.